The molecular formula is C18H24N4O3S. The van der Waals surface area contributed by atoms with Gasteiger partial charge in [-0.3, -0.25) is 4.68 Å². The molecule has 1 aromatic carbocycles. The van der Waals surface area contributed by atoms with Crippen molar-refractivity contribution in [2.45, 2.75) is 23.3 Å². The predicted molar refractivity (Wildman–Crippen MR) is 97.2 cm³/mol. The summed E-state index contributed by atoms with van der Waals surface area (Å²) in [5.74, 6) is 0.236. The van der Waals surface area contributed by atoms with E-state index < -0.39 is 10.0 Å². The van der Waals surface area contributed by atoms with E-state index in [1.807, 2.05) is 30.3 Å². The molecule has 0 spiro atoms. The van der Waals surface area contributed by atoms with Gasteiger partial charge in [0.1, 0.15) is 4.90 Å². The maximum Gasteiger partial charge on any atom is 0.246 e. The molecule has 3 atom stereocenters. The Labute approximate surface area is 153 Å². The van der Waals surface area contributed by atoms with Gasteiger partial charge in [-0.1, -0.05) is 30.3 Å². The third-order valence-electron chi connectivity index (χ3n) is 5.43. The van der Waals surface area contributed by atoms with Crippen molar-refractivity contribution >= 4 is 10.0 Å². The minimum Gasteiger partial charge on any atom is -0.379 e. The number of nitrogens with zero attached hydrogens (tertiary/aromatic N) is 3. The fraction of sp³-hybridized carbons (Fsp3) is 0.500. The minimum absolute atomic E-state index is 0.116. The summed E-state index contributed by atoms with van der Waals surface area (Å²) < 4.78 is 34.8. The molecule has 2 fully saturated rings. The number of benzene rings is 1. The molecule has 140 valence electrons. The first-order valence-electron chi connectivity index (χ1n) is 8.96. The summed E-state index contributed by atoms with van der Waals surface area (Å²) >= 11 is 0. The second-order valence-corrected chi connectivity index (χ2v) is 8.95. The van der Waals surface area contributed by atoms with E-state index in [0.717, 1.165) is 12.0 Å². The Bertz CT molecular complexity index is 846. The Morgan fingerprint density at radius 2 is 2.04 bits per heavy atom. The second kappa shape index (κ2) is 7.11. The van der Waals surface area contributed by atoms with Crippen LogP contribution in [0.1, 0.15) is 23.9 Å². The van der Waals surface area contributed by atoms with Gasteiger partial charge in [-0.25, -0.2) is 8.42 Å². The quantitative estimate of drug-likeness (QED) is 0.847. The van der Waals surface area contributed by atoms with E-state index in [-0.39, 0.29) is 22.8 Å². The van der Waals surface area contributed by atoms with E-state index in [9.17, 15) is 8.42 Å². The van der Waals surface area contributed by atoms with Crippen molar-refractivity contribution in [2.24, 2.45) is 11.7 Å². The number of sulfonamides is 1. The fourth-order valence-electron chi connectivity index (χ4n) is 3.88. The normalized spacial score (nSPS) is 27.2. The van der Waals surface area contributed by atoms with E-state index >= 15 is 0 Å². The SMILES string of the molecule is NC[C@@H]1CN(S(=O)(=O)c2cnn(C3CCOC3)c2)C[C@H]1c1ccccc1. The summed E-state index contributed by atoms with van der Waals surface area (Å²) in [7, 11) is -3.58. The van der Waals surface area contributed by atoms with Crippen molar-refractivity contribution in [3.05, 3.63) is 48.3 Å². The molecule has 2 aromatic rings. The topological polar surface area (TPSA) is 90.5 Å². The Balaban J connectivity index is 1.56. The van der Waals surface area contributed by atoms with Gasteiger partial charge in [-0.15, -0.1) is 0 Å². The molecule has 2 aliphatic heterocycles. The van der Waals surface area contributed by atoms with E-state index in [1.54, 1.807) is 15.2 Å². The highest BCUT2D eigenvalue weighted by molar-refractivity contribution is 7.89. The van der Waals surface area contributed by atoms with Gasteiger partial charge in [0, 0.05) is 31.8 Å². The van der Waals surface area contributed by atoms with Crippen LogP contribution in [0.4, 0.5) is 0 Å². The van der Waals surface area contributed by atoms with Crippen molar-refractivity contribution < 1.29 is 13.2 Å². The Kier molecular flexibility index (Phi) is 4.83. The molecule has 7 nitrogen and oxygen atoms in total. The van der Waals surface area contributed by atoms with Gasteiger partial charge in [0.15, 0.2) is 0 Å². The van der Waals surface area contributed by atoms with Gasteiger partial charge in [-0.2, -0.15) is 9.40 Å². The third kappa shape index (κ3) is 3.18. The molecule has 0 bridgehead atoms. The third-order valence-corrected chi connectivity index (χ3v) is 7.22. The lowest BCUT2D eigenvalue weighted by Gasteiger charge is -2.16. The van der Waals surface area contributed by atoms with Crippen molar-refractivity contribution in [1.82, 2.24) is 14.1 Å². The van der Waals surface area contributed by atoms with Gasteiger partial charge in [0.05, 0.1) is 18.8 Å². The summed E-state index contributed by atoms with van der Waals surface area (Å²) in [5, 5.41) is 4.26. The smallest absolute Gasteiger partial charge is 0.246 e. The fourth-order valence-corrected chi connectivity index (χ4v) is 5.34. The van der Waals surface area contributed by atoms with E-state index in [4.69, 9.17) is 10.5 Å². The average molecular weight is 376 g/mol. The van der Waals surface area contributed by atoms with Crippen LogP contribution in [0, 0.1) is 5.92 Å². The first kappa shape index (κ1) is 17.7. The summed E-state index contributed by atoms with van der Waals surface area (Å²) in [6, 6.07) is 10.1. The predicted octanol–water partition coefficient (Wildman–Crippen LogP) is 1.21. The van der Waals surface area contributed by atoms with Crippen LogP contribution in [0.25, 0.3) is 0 Å². The van der Waals surface area contributed by atoms with Crippen LogP contribution >= 0.6 is 0 Å². The summed E-state index contributed by atoms with van der Waals surface area (Å²) in [4.78, 5) is 0.244. The first-order chi connectivity index (χ1) is 12.6. The van der Waals surface area contributed by atoms with Crippen LogP contribution in [0.2, 0.25) is 0 Å². The monoisotopic (exact) mass is 376 g/mol. The Hall–Kier alpha value is -1.74. The second-order valence-electron chi connectivity index (χ2n) is 7.01. The van der Waals surface area contributed by atoms with Gasteiger partial charge in [0.2, 0.25) is 10.0 Å². The lowest BCUT2D eigenvalue weighted by molar-refractivity contribution is 0.184. The zero-order valence-corrected chi connectivity index (χ0v) is 15.4. The molecule has 2 aliphatic rings. The summed E-state index contributed by atoms with van der Waals surface area (Å²) in [6.45, 7) is 2.62. The van der Waals surface area contributed by atoms with Crippen LogP contribution in [-0.4, -0.2) is 55.4 Å². The molecule has 0 radical (unpaired) electrons. The average Bonchev–Trinajstić information content (AvgIpc) is 3.41. The molecule has 8 heteroatoms. The van der Waals surface area contributed by atoms with Crippen LogP contribution < -0.4 is 5.73 Å². The molecule has 2 N–H and O–H groups in total. The van der Waals surface area contributed by atoms with Crippen molar-refractivity contribution in [3.8, 4) is 0 Å². The van der Waals surface area contributed by atoms with Crippen molar-refractivity contribution in [1.29, 1.82) is 0 Å². The number of hydrogen-bond donors (Lipinski definition) is 1. The highest BCUT2D eigenvalue weighted by Gasteiger charge is 2.40. The van der Waals surface area contributed by atoms with E-state index in [1.165, 1.54) is 6.20 Å². The lowest BCUT2D eigenvalue weighted by Crippen LogP contribution is -2.29. The molecule has 0 amide bonds. The number of hydrogen-bond acceptors (Lipinski definition) is 5. The molecule has 0 saturated carbocycles. The number of rotatable bonds is 5. The summed E-state index contributed by atoms with van der Waals surface area (Å²) in [5.41, 5.74) is 7.08. The molecule has 26 heavy (non-hydrogen) atoms. The summed E-state index contributed by atoms with van der Waals surface area (Å²) in [6.07, 6.45) is 3.93. The number of nitrogens with two attached hydrogens (primary N) is 1. The molecule has 4 rings (SSSR count). The Morgan fingerprint density at radius 1 is 1.23 bits per heavy atom. The largest absolute Gasteiger partial charge is 0.379 e. The van der Waals surface area contributed by atoms with Gasteiger partial charge >= 0.3 is 0 Å². The maximum atomic E-state index is 13.1. The standard InChI is InChI=1S/C18H24N4O3S/c19-8-15-10-21(12-18(15)14-4-2-1-3-5-14)26(23,24)17-9-20-22(11-17)16-6-7-25-13-16/h1-5,9,11,15-16,18H,6-8,10,12-13,19H2/t15-,16?,18+/m1/s1. The van der Waals surface area contributed by atoms with Gasteiger partial charge in [-0.05, 0) is 24.4 Å². The van der Waals surface area contributed by atoms with Crippen molar-refractivity contribution in [2.75, 3.05) is 32.8 Å². The number of aromatic nitrogens is 2. The highest BCUT2D eigenvalue weighted by atomic mass is 32.2. The molecule has 3 heterocycles. The molecule has 1 unspecified atom stereocenters. The van der Waals surface area contributed by atoms with E-state index in [2.05, 4.69) is 5.10 Å². The first-order valence-corrected chi connectivity index (χ1v) is 10.4. The molecular weight excluding hydrogens is 352 g/mol. The van der Waals surface area contributed by atoms with Crippen LogP contribution in [-0.2, 0) is 14.8 Å². The van der Waals surface area contributed by atoms with Gasteiger partial charge < -0.3 is 10.5 Å². The lowest BCUT2D eigenvalue weighted by atomic mass is 9.89. The van der Waals surface area contributed by atoms with Crippen LogP contribution in [0.15, 0.2) is 47.6 Å². The van der Waals surface area contributed by atoms with Gasteiger partial charge in [0.25, 0.3) is 0 Å². The maximum absolute atomic E-state index is 13.1. The highest BCUT2D eigenvalue weighted by Crippen LogP contribution is 2.35. The minimum atomic E-state index is -3.58. The van der Waals surface area contributed by atoms with Crippen molar-refractivity contribution in [3.63, 3.8) is 0 Å². The van der Waals surface area contributed by atoms with E-state index in [0.29, 0.717) is 32.8 Å². The molecule has 0 aliphatic carbocycles. The zero-order chi connectivity index (χ0) is 18.1. The van der Waals surface area contributed by atoms with Crippen LogP contribution in [0.5, 0.6) is 0 Å². The van der Waals surface area contributed by atoms with Crippen LogP contribution in [0.3, 0.4) is 0 Å². The Morgan fingerprint density at radius 3 is 2.73 bits per heavy atom. The number of ether oxygens (including phenoxy) is 1. The molecule has 2 saturated heterocycles. The zero-order valence-electron chi connectivity index (χ0n) is 14.6. The molecule has 1 aromatic heterocycles.